The van der Waals surface area contributed by atoms with E-state index in [1.807, 2.05) is 36.4 Å². The number of furan rings is 1. The highest BCUT2D eigenvalue weighted by Crippen LogP contribution is 2.45. The second-order valence-electron chi connectivity index (χ2n) is 9.15. The van der Waals surface area contributed by atoms with Crippen molar-refractivity contribution in [2.45, 2.75) is 0 Å². The van der Waals surface area contributed by atoms with Crippen LogP contribution in [0.15, 0.2) is 95.5 Å². The van der Waals surface area contributed by atoms with Crippen LogP contribution in [0.25, 0.3) is 22.1 Å². The quantitative estimate of drug-likeness (QED) is 0.310. The second-order valence-corrected chi connectivity index (χ2v) is 9.15. The third kappa shape index (κ3) is 2.13. The van der Waals surface area contributed by atoms with Crippen molar-refractivity contribution < 1.29 is 13.9 Å². The summed E-state index contributed by atoms with van der Waals surface area (Å²) < 4.78 is 18.9. The summed E-state index contributed by atoms with van der Waals surface area (Å²) >= 11 is 0. The molecule has 5 heterocycles. The summed E-state index contributed by atoms with van der Waals surface area (Å²) in [7, 11) is 0. The van der Waals surface area contributed by atoms with E-state index < -0.39 is 0 Å². The predicted octanol–water partition coefficient (Wildman–Crippen LogP) is 5.49. The summed E-state index contributed by atoms with van der Waals surface area (Å²) in [4.78, 5) is 6.89. The Hall–Kier alpha value is -4.71. The third-order valence-electron chi connectivity index (χ3n) is 7.37. The Balaban J connectivity index is 1.37. The van der Waals surface area contributed by atoms with Crippen LogP contribution in [0.2, 0.25) is 0 Å². The zero-order valence-electron chi connectivity index (χ0n) is 18.4. The molecule has 0 amide bonds. The molecule has 0 atom stereocenters. The molecule has 0 aliphatic carbocycles. The summed E-state index contributed by atoms with van der Waals surface area (Å²) in [5.41, 5.74) is 9.19. The lowest BCUT2D eigenvalue weighted by molar-refractivity contribution is 0.464. The summed E-state index contributed by atoms with van der Waals surface area (Å²) in [6.45, 7) is 0.0671. The molecule has 0 fully saturated rings. The summed E-state index contributed by atoms with van der Waals surface area (Å²) in [6, 6.07) is 28.8. The van der Waals surface area contributed by atoms with Crippen LogP contribution in [0.5, 0.6) is 23.0 Å². The van der Waals surface area contributed by atoms with E-state index in [4.69, 9.17) is 13.9 Å². The van der Waals surface area contributed by atoms with Gasteiger partial charge < -0.3 is 18.8 Å². The molecule has 5 nitrogen and oxygen atoms in total. The van der Waals surface area contributed by atoms with E-state index in [2.05, 4.69) is 58.4 Å². The fourth-order valence-corrected chi connectivity index (χ4v) is 6.00. The summed E-state index contributed by atoms with van der Waals surface area (Å²) in [6.07, 6.45) is 1.81. The predicted molar refractivity (Wildman–Crippen MR) is 137 cm³/mol. The van der Waals surface area contributed by atoms with Gasteiger partial charge in [-0.15, -0.1) is 0 Å². The fraction of sp³-hybridized carbons (Fsp3) is 0. The lowest BCUT2D eigenvalue weighted by atomic mass is 9.33. The molecule has 2 aromatic heterocycles. The topological polar surface area (TPSA) is 47.7 Å². The SMILES string of the molecule is c1cc2c3c(c1)Oc1cccc4c1B3c1c(cccc1N4c1ccc3oc4cccnc4c3c1)O2. The molecule has 3 aliphatic rings. The number of anilines is 3. The number of pyridine rings is 1. The van der Waals surface area contributed by atoms with Crippen molar-refractivity contribution in [3.05, 3.63) is 91.1 Å². The number of benzene rings is 4. The van der Waals surface area contributed by atoms with Gasteiger partial charge in [0.05, 0.1) is 0 Å². The molecule has 0 unspecified atom stereocenters. The molecular weight excluding hydrogens is 435 g/mol. The Morgan fingerprint density at radius 1 is 0.629 bits per heavy atom. The first-order valence-corrected chi connectivity index (χ1v) is 11.7. The molecular formula is C29H15BN2O3. The van der Waals surface area contributed by atoms with Crippen molar-refractivity contribution in [1.29, 1.82) is 0 Å². The van der Waals surface area contributed by atoms with Crippen molar-refractivity contribution in [1.82, 2.24) is 4.98 Å². The standard InChI is InChI=1S/C29H15BN2O3/c1-5-18-26-21(7-1)34-23-9-3-10-24-28(23)30(26)27-19(6-2-8-22(27)35-24)32(18)16-12-13-20-17(15-16)29-25(33-20)11-4-14-31-29/h1-15H. The molecule has 6 aromatic rings. The molecule has 3 aliphatic heterocycles. The lowest BCUT2D eigenvalue weighted by Crippen LogP contribution is -2.61. The van der Waals surface area contributed by atoms with E-state index in [0.717, 1.165) is 67.6 Å². The average Bonchev–Trinajstić information content (AvgIpc) is 3.27. The highest BCUT2D eigenvalue weighted by molar-refractivity contribution is 7.00. The third-order valence-corrected chi connectivity index (χ3v) is 7.37. The Morgan fingerprint density at radius 3 is 2.00 bits per heavy atom. The van der Waals surface area contributed by atoms with Gasteiger partial charge in [-0.1, -0.05) is 18.2 Å². The maximum absolute atomic E-state index is 6.42. The lowest BCUT2D eigenvalue weighted by Gasteiger charge is -2.42. The molecule has 4 aromatic carbocycles. The van der Waals surface area contributed by atoms with E-state index in [0.29, 0.717) is 0 Å². The van der Waals surface area contributed by atoms with Crippen LogP contribution in [-0.2, 0) is 0 Å². The highest BCUT2D eigenvalue weighted by Gasteiger charge is 2.47. The molecule has 6 heteroatoms. The van der Waals surface area contributed by atoms with Gasteiger partial charge in [0.2, 0.25) is 0 Å². The van der Waals surface area contributed by atoms with Crippen LogP contribution in [0.1, 0.15) is 0 Å². The van der Waals surface area contributed by atoms with Gasteiger partial charge in [-0.25, -0.2) is 0 Å². The number of hydrogen-bond donors (Lipinski definition) is 0. The number of ether oxygens (including phenoxy) is 2. The van der Waals surface area contributed by atoms with E-state index in [1.165, 1.54) is 10.9 Å². The molecule has 9 rings (SSSR count). The fourth-order valence-electron chi connectivity index (χ4n) is 6.00. The summed E-state index contributed by atoms with van der Waals surface area (Å²) in [5.74, 6) is 3.51. The van der Waals surface area contributed by atoms with E-state index >= 15 is 0 Å². The largest absolute Gasteiger partial charge is 0.458 e. The molecule has 0 saturated heterocycles. The Bertz CT molecular complexity index is 1820. The van der Waals surface area contributed by atoms with E-state index in [1.54, 1.807) is 6.20 Å². The monoisotopic (exact) mass is 450 g/mol. The van der Waals surface area contributed by atoms with Crippen molar-refractivity contribution >= 4 is 62.2 Å². The van der Waals surface area contributed by atoms with Gasteiger partial charge in [-0.3, -0.25) is 4.98 Å². The maximum atomic E-state index is 6.42. The Kier molecular flexibility index (Phi) is 3.06. The van der Waals surface area contributed by atoms with Gasteiger partial charge >= 0.3 is 0 Å². The van der Waals surface area contributed by atoms with Crippen LogP contribution in [0, 0.1) is 0 Å². The van der Waals surface area contributed by atoms with E-state index in [-0.39, 0.29) is 6.71 Å². The molecule has 35 heavy (non-hydrogen) atoms. The van der Waals surface area contributed by atoms with Gasteiger partial charge in [-0.2, -0.15) is 0 Å². The maximum Gasteiger partial charge on any atom is 0.266 e. The van der Waals surface area contributed by atoms with Gasteiger partial charge in [0, 0.05) is 34.1 Å². The first-order valence-electron chi connectivity index (χ1n) is 11.7. The van der Waals surface area contributed by atoms with E-state index in [9.17, 15) is 0 Å². The normalized spacial score (nSPS) is 14.1. The number of rotatable bonds is 1. The molecule has 0 spiro atoms. The van der Waals surface area contributed by atoms with Crippen molar-refractivity contribution in [2.75, 3.05) is 4.90 Å². The minimum absolute atomic E-state index is 0.0671. The van der Waals surface area contributed by atoms with Crippen LogP contribution in [-0.4, -0.2) is 11.7 Å². The van der Waals surface area contributed by atoms with Gasteiger partial charge in [0.1, 0.15) is 34.1 Å². The smallest absolute Gasteiger partial charge is 0.266 e. The Labute approximate surface area is 200 Å². The second kappa shape index (κ2) is 6.04. The van der Waals surface area contributed by atoms with Crippen LogP contribution < -0.4 is 30.8 Å². The zero-order chi connectivity index (χ0) is 22.7. The van der Waals surface area contributed by atoms with Gasteiger partial charge in [0.25, 0.3) is 6.71 Å². The minimum Gasteiger partial charge on any atom is -0.458 e. The molecule has 162 valence electrons. The average molecular weight is 450 g/mol. The van der Waals surface area contributed by atoms with Crippen molar-refractivity contribution in [3.63, 3.8) is 0 Å². The highest BCUT2D eigenvalue weighted by atomic mass is 16.5. The van der Waals surface area contributed by atoms with Crippen LogP contribution in [0.4, 0.5) is 17.1 Å². The number of nitrogens with zero attached hydrogens (tertiary/aromatic N) is 2. The molecule has 0 radical (unpaired) electrons. The van der Waals surface area contributed by atoms with Crippen molar-refractivity contribution in [2.24, 2.45) is 0 Å². The Morgan fingerprint density at radius 2 is 1.29 bits per heavy atom. The number of aromatic nitrogens is 1. The minimum atomic E-state index is 0.0671. The zero-order valence-corrected chi connectivity index (χ0v) is 18.4. The van der Waals surface area contributed by atoms with Gasteiger partial charge in [0.15, 0.2) is 5.58 Å². The van der Waals surface area contributed by atoms with Crippen LogP contribution >= 0.6 is 0 Å². The molecule has 0 N–H and O–H groups in total. The van der Waals surface area contributed by atoms with Gasteiger partial charge in [-0.05, 0) is 77.7 Å². The first kappa shape index (κ1) is 17.7. The van der Waals surface area contributed by atoms with Crippen LogP contribution in [0.3, 0.4) is 0 Å². The molecule has 0 saturated carbocycles. The molecule has 0 bridgehead atoms. The summed E-state index contributed by atoms with van der Waals surface area (Å²) in [5, 5.41) is 0.995. The number of hydrogen-bond acceptors (Lipinski definition) is 5. The first-order chi connectivity index (χ1) is 17.3. The number of fused-ring (bicyclic) bond motifs is 3. The van der Waals surface area contributed by atoms with Crippen molar-refractivity contribution in [3.8, 4) is 23.0 Å².